The first-order valence-electron chi connectivity index (χ1n) is 4.38. The van der Waals surface area contributed by atoms with Crippen molar-refractivity contribution in [2.45, 2.75) is 0 Å². The third kappa shape index (κ3) is 13.7. The maximum atomic E-state index is 11.0. The number of hydrogen-bond acceptors (Lipinski definition) is 18. The van der Waals surface area contributed by atoms with Gasteiger partial charge in [-0.05, 0) is 0 Å². The normalized spacial score (nSPS) is 49.1. The molecule has 0 radical (unpaired) electrons. The minimum absolute atomic E-state index is 0. The van der Waals surface area contributed by atoms with Gasteiger partial charge in [0.15, 0.2) is 0 Å². The molecule has 0 amide bonds. The first-order valence-corrected chi connectivity index (χ1v) is 13.1. The van der Waals surface area contributed by atoms with E-state index in [-0.39, 0.29) is 58.4 Å². The Morgan fingerprint density at radius 2 is 0.407 bits per heavy atom. The van der Waals surface area contributed by atoms with Gasteiger partial charge >= 0.3 is 58.4 Å². The number of phosphoric acid groups is 6. The van der Waals surface area contributed by atoms with Gasteiger partial charge in [0, 0.05) is 0 Å². The summed E-state index contributed by atoms with van der Waals surface area (Å²) < 4.78 is 83.4. The van der Waals surface area contributed by atoms with Crippen molar-refractivity contribution in [3.8, 4) is 0 Å². The molecule has 18 nitrogen and oxygen atoms in total. The van der Waals surface area contributed by atoms with Crippen molar-refractivity contribution in [1.82, 2.24) is 0 Å². The van der Waals surface area contributed by atoms with E-state index in [1.807, 2.05) is 0 Å². The summed E-state index contributed by atoms with van der Waals surface area (Å²) in [5.41, 5.74) is 0. The molecule has 27 heavy (non-hydrogen) atoms. The molecule has 0 atom stereocenters. The van der Waals surface area contributed by atoms with Crippen molar-refractivity contribution in [3.05, 3.63) is 0 Å². The minimum Gasteiger partial charge on any atom is -0.756 e. The van der Waals surface area contributed by atoms with Crippen LogP contribution in [0.25, 0.3) is 0 Å². The molecule has 1 heterocycles. The van der Waals surface area contributed by atoms with Crippen LogP contribution in [0.3, 0.4) is 0 Å². The molecule has 0 N–H and O–H groups in total. The predicted molar refractivity (Wildman–Crippen MR) is 52.1 cm³/mol. The summed E-state index contributed by atoms with van der Waals surface area (Å²) in [5.74, 6) is 0. The van der Waals surface area contributed by atoms with Crippen LogP contribution in [0, 0.1) is 0 Å². The molecule has 1 saturated heterocycles. The molecule has 0 aromatic heterocycles. The van der Waals surface area contributed by atoms with Crippen molar-refractivity contribution in [3.63, 3.8) is 0 Å². The zero-order valence-electron chi connectivity index (χ0n) is 12.2. The van der Waals surface area contributed by atoms with E-state index in [4.69, 9.17) is 0 Å². The zero-order valence-corrected chi connectivity index (χ0v) is 26.4. The first-order chi connectivity index (χ1) is 10.2. The van der Waals surface area contributed by atoms with Gasteiger partial charge in [-0.3, -0.25) is 27.4 Å². The molecule has 0 unspecified atom stereocenters. The summed E-state index contributed by atoms with van der Waals surface area (Å²) in [6.45, 7) is 0. The van der Waals surface area contributed by atoms with Gasteiger partial charge in [-0.15, -0.1) is 0 Å². The molecule has 0 aromatic carbocycles. The fraction of sp³-hybridized carbons (Fsp3) is 0. The molecule has 0 spiro atoms. The Bertz CT molecular complexity index is 588. The second-order valence-corrected chi connectivity index (χ2v) is 12.5. The fourth-order valence-electron chi connectivity index (χ4n) is 0.824. The van der Waals surface area contributed by atoms with E-state index in [1.54, 1.807) is 0 Å². The van der Waals surface area contributed by atoms with Crippen LogP contribution in [0.2, 0.25) is 0 Å². The zero-order chi connectivity index (χ0) is 19.2. The maximum absolute atomic E-state index is 11.0. The summed E-state index contributed by atoms with van der Waals surface area (Å²) in [6.07, 6.45) is 0. The molecule has 1 aliphatic heterocycles. The van der Waals surface area contributed by atoms with Gasteiger partial charge in [-0.1, -0.05) is 0 Å². The van der Waals surface area contributed by atoms with Crippen molar-refractivity contribution in [1.29, 1.82) is 0 Å². The minimum atomic E-state index is -6.56. The quantitative estimate of drug-likeness (QED) is 0.182. The predicted octanol–water partition coefficient (Wildman–Crippen LogP) is -3.10. The molecule has 0 aliphatic carbocycles. The molecule has 1 rings (SSSR count). The van der Waals surface area contributed by atoms with Gasteiger partial charge in [-0.2, -0.15) is 0 Å². The monoisotopic (exact) mass is 666 g/mol. The van der Waals surface area contributed by atoms with Gasteiger partial charge in [0.05, 0.1) is 0 Å². The molecule has 1 aliphatic rings. The van der Waals surface area contributed by atoms with Crippen LogP contribution in [-0.4, -0.2) is 0 Å². The summed E-state index contributed by atoms with van der Waals surface area (Å²) >= 11 is 0. The first kappa shape index (κ1) is 34.4. The third-order valence-electron chi connectivity index (χ3n) is 1.20. The summed E-state index contributed by atoms with van der Waals surface area (Å²) in [5, 5.41) is 0. The third-order valence-corrected chi connectivity index (χ3v) is 10.8. The fourth-order valence-corrected chi connectivity index (χ4v) is 9.03. The Kier molecular flexibility index (Phi) is 14.1. The average Bonchev–Trinajstić information content (AvgIpc) is 1.98. The van der Waals surface area contributed by atoms with Crippen LogP contribution in [0.1, 0.15) is 0 Å². The molecule has 0 saturated carbocycles. The Morgan fingerprint density at radius 3 is 0.481 bits per heavy atom. The molecule has 27 heteroatoms. The molecular formula is O18P6Zn3. The van der Waals surface area contributed by atoms with Gasteiger partial charge in [0.1, 0.15) is 0 Å². The smallest absolute Gasteiger partial charge is 0.756 e. The van der Waals surface area contributed by atoms with E-state index in [0.717, 1.165) is 0 Å². The molecule has 1 fully saturated rings. The summed E-state index contributed by atoms with van der Waals surface area (Å²) in [4.78, 5) is 65.8. The van der Waals surface area contributed by atoms with Crippen LogP contribution >= 0.6 is 46.9 Å². The van der Waals surface area contributed by atoms with E-state index < -0.39 is 46.9 Å². The van der Waals surface area contributed by atoms with Crippen molar-refractivity contribution in [2.75, 3.05) is 0 Å². The van der Waals surface area contributed by atoms with E-state index in [2.05, 4.69) is 25.9 Å². The van der Waals surface area contributed by atoms with E-state index in [0.29, 0.717) is 0 Å². The molecule has 0 bridgehead atoms. The number of rotatable bonds is 0. The maximum Gasteiger partial charge on any atom is 2.00 e. The number of hydrogen-bond donors (Lipinski definition) is 0. The van der Waals surface area contributed by atoms with E-state index in [9.17, 15) is 56.8 Å². The Balaban J connectivity index is -0.00000192. The van der Waals surface area contributed by atoms with Crippen molar-refractivity contribution < 1.29 is 141 Å². The van der Waals surface area contributed by atoms with Crippen LogP contribution < -0.4 is 29.4 Å². The van der Waals surface area contributed by atoms with Gasteiger partial charge < -0.3 is 29.4 Å². The topological polar surface area (TPSA) is 296 Å². The molecule has 0 aromatic rings. The Hall–Kier alpha value is 2.77. The molecular weight excluding hydrogens is 670 g/mol. The SMILES string of the molecule is O=P1([O-])OP(=O)([O-])OP(=O)([O-])OP(=O)([O-])OP(=O)([O-])OP(=O)([O-])O1.[Zn+2].[Zn+2].[Zn+2]. The van der Waals surface area contributed by atoms with Gasteiger partial charge in [-0.25, -0.2) is 25.9 Å². The van der Waals surface area contributed by atoms with Crippen molar-refractivity contribution >= 4 is 46.9 Å². The van der Waals surface area contributed by atoms with Crippen LogP contribution in [-0.2, 0) is 112 Å². The second kappa shape index (κ2) is 11.1. The standard InChI is InChI=1S/H6O18P6.3Zn/c1-19(2)13-20(3,4)15-22(7,8)17-24(11,12)18-23(9,10)16-21(5,6)14-19;;;/h(H,1,2)(H,3,4)(H,5,6)(H,7,8)(H,9,10)(H,11,12);;;/q;3*+2/p-6. The summed E-state index contributed by atoms with van der Waals surface area (Å²) in [6, 6.07) is 0. The average molecular weight is 670 g/mol. The second-order valence-electron chi connectivity index (χ2n) is 3.17. The van der Waals surface area contributed by atoms with Crippen LogP contribution in [0.5, 0.6) is 0 Å². The van der Waals surface area contributed by atoms with Crippen molar-refractivity contribution in [2.24, 2.45) is 0 Å². The van der Waals surface area contributed by atoms with Crippen LogP contribution in [0.4, 0.5) is 0 Å². The Labute approximate surface area is 187 Å². The molecule has 144 valence electrons. The van der Waals surface area contributed by atoms with E-state index in [1.165, 1.54) is 0 Å². The largest absolute Gasteiger partial charge is 2.00 e. The van der Waals surface area contributed by atoms with Gasteiger partial charge in [0.2, 0.25) is 0 Å². The van der Waals surface area contributed by atoms with Gasteiger partial charge in [0.25, 0.3) is 46.9 Å². The van der Waals surface area contributed by atoms with E-state index >= 15 is 0 Å². The Morgan fingerprint density at radius 1 is 0.333 bits per heavy atom. The van der Waals surface area contributed by atoms with Crippen LogP contribution in [0.15, 0.2) is 0 Å². The summed E-state index contributed by atoms with van der Waals surface area (Å²) in [7, 11) is -39.3.